The van der Waals surface area contributed by atoms with Crippen LogP contribution >= 0.6 is 7.44 Å². The number of benzene rings is 3. The minimum absolute atomic E-state index is 0.0494. The van der Waals surface area contributed by atoms with Crippen molar-refractivity contribution in [3.8, 4) is 11.4 Å². The van der Waals surface area contributed by atoms with E-state index in [0.717, 1.165) is 12.8 Å². The second-order valence-corrected chi connectivity index (χ2v) is 18.0. The Hall–Kier alpha value is -6.20. The first-order valence-corrected chi connectivity index (χ1v) is 23.5. The summed E-state index contributed by atoms with van der Waals surface area (Å²) in [5.41, 5.74) is 1.33. The minimum atomic E-state index is -4.45. The number of unbranched alkanes of at least 4 members (excludes halogenated alkanes) is 1. The summed E-state index contributed by atoms with van der Waals surface area (Å²) in [5.74, 6) is -2.29. The van der Waals surface area contributed by atoms with Gasteiger partial charge in [0.25, 0.3) is 5.91 Å². The molecule has 3 aromatic carbocycles. The molecule has 2 aliphatic heterocycles. The number of carbonyl (C=O) groups excluding carboxylic acids is 5. The van der Waals surface area contributed by atoms with E-state index in [4.69, 9.17) is 23.9 Å². The number of carbonyl (C=O) groups is 5. The van der Waals surface area contributed by atoms with Crippen molar-refractivity contribution in [1.82, 2.24) is 35.3 Å². The summed E-state index contributed by atoms with van der Waals surface area (Å²) >= 11 is 0. The van der Waals surface area contributed by atoms with Crippen LogP contribution in [0.3, 0.4) is 0 Å². The number of aromatic nitrogens is 2. The molecule has 3 heterocycles. The zero-order chi connectivity index (χ0) is 46.3. The van der Waals surface area contributed by atoms with Crippen molar-refractivity contribution >= 4 is 43.1 Å². The average molecular weight is 913 g/mol. The summed E-state index contributed by atoms with van der Waals surface area (Å²) in [5, 5.41) is 8.70. The van der Waals surface area contributed by atoms with E-state index in [-0.39, 0.29) is 50.4 Å². The lowest BCUT2D eigenvalue weighted by molar-refractivity contribution is -0.143. The molecule has 3 N–H and O–H groups in total. The molecule has 2 aliphatic rings. The Morgan fingerprint density at radius 3 is 1.83 bits per heavy atom. The van der Waals surface area contributed by atoms with Crippen molar-refractivity contribution < 1.29 is 47.5 Å². The van der Waals surface area contributed by atoms with Crippen LogP contribution in [0.25, 0.3) is 11.4 Å². The molecular weight excluding hydrogens is 856 g/mol. The molecule has 0 aliphatic carbocycles. The molecule has 6 rings (SSSR count). The molecule has 2 saturated heterocycles. The van der Waals surface area contributed by atoms with Gasteiger partial charge in [0.2, 0.25) is 13.4 Å². The largest absolute Gasteiger partial charge is 0.468 e. The first-order chi connectivity index (χ1) is 31.4. The van der Waals surface area contributed by atoms with Gasteiger partial charge in [-0.3, -0.25) is 14.2 Å². The van der Waals surface area contributed by atoms with Crippen molar-refractivity contribution in [3.63, 3.8) is 0 Å². The lowest BCUT2D eigenvalue weighted by Crippen LogP contribution is -2.57. The Morgan fingerprint density at radius 2 is 1.31 bits per heavy atom. The number of nitrogens with one attached hydrogen (secondary N) is 3. The Labute approximate surface area is 378 Å². The lowest BCUT2D eigenvalue weighted by atomic mass is 10.1. The quantitative estimate of drug-likeness (QED) is 0.0502. The molecule has 346 valence electrons. The van der Waals surface area contributed by atoms with E-state index in [1.54, 1.807) is 67.8 Å². The molecule has 4 aromatic rings. The smallest absolute Gasteiger partial charge is 0.409 e. The third-order valence-corrected chi connectivity index (χ3v) is 13.4. The van der Waals surface area contributed by atoms with Crippen LogP contribution in [-0.4, -0.2) is 135 Å². The maximum absolute atomic E-state index is 15.9. The van der Waals surface area contributed by atoms with Crippen LogP contribution in [0.15, 0.2) is 97.1 Å². The average Bonchev–Trinajstić information content (AvgIpc) is 3.85. The number of amides is 3. The molecule has 0 spiro atoms. The van der Waals surface area contributed by atoms with Gasteiger partial charge in [-0.15, -0.1) is 0 Å². The standard InChI is InChI=1S/C46H57N8O10P/c1-5-6-28-64-46(59)53-26-24-52(25-27-53)43(56)37(48-42(55)36-29-38(54-23-22-35(30-54)61-2)49-41(47-36)34-20-14-9-15-21-34)31-65(60,50-39(44(57)62-3)32-16-10-7-11-17-32)51-40(45(58)63-4)33-18-12-8-13-19-33/h7-21,29,35,37,39-40H,5-6,22-28,30-31H2,1-4H3,(H,48,55)(H2,50,51,60)/t35-,37-,39-,40-/m0/s1. The van der Waals surface area contributed by atoms with Gasteiger partial charge in [-0.1, -0.05) is 104 Å². The van der Waals surface area contributed by atoms with Crippen molar-refractivity contribution in [2.75, 3.05) is 78.3 Å². The molecular formula is C46H57N8O10P. The van der Waals surface area contributed by atoms with Gasteiger partial charge in [0, 0.05) is 58.0 Å². The van der Waals surface area contributed by atoms with Crippen LogP contribution in [0.2, 0.25) is 0 Å². The molecule has 4 atom stereocenters. The summed E-state index contributed by atoms with van der Waals surface area (Å²) < 4.78 is 37.2. The van der Waals surface area contributed by atoms with Crippen LogP contribution in [0.5, 0.6) is 0 Å². The SMILES string of the molecule is CCCCOC(=O)N1CCN(C(=O)[C@H](CP(=O)(N[C@H](C(=O)OC)c2ccccc2)N[C@H](C(=O)OC)c2ccccc2)NC(=O)c2cc(N3CC[C@H](OC)C3)nc(-c3ccccc3)n2)CC1. The molecule has 0 bridgehead atoms. The second-order valence-electron chi connectivity index (χ2n) is 15.6. The third-order valence-electron chi connectivity index (χ3n) is 11.2. The number of esters is 2. The zero-order valence-corrected chi connectivity index (χ0v) is 38.0. The topological polar surface area (TPSA) is 211 Å². The highest BCUT2D eigenvalue weighted by Crippen LogP contribution is 2.44. The number of methoxy groups -OCH3 is 3. The van der Waals surface area contributed by atoms with E-state index in [1.807, 2.05) is 42.2 Å². The monoisotopic (exact) mass is 912 g/mol. The van der Waals surface area contributed by atoms with Gasteiger partial charge in [0.15, 0.2) is 5.82 Å². The molecule has 65 heavy (non-hydrogen) atoms. The first kappa shape index (κ1) is 48.3. The van der Waals surface area contributed by atoms with Gasteiger partial charge in [-0.25, -0.2) is 34.5 Å². The highest BCUT2D eigenvalue weighted by Gasteiger charge is 2.42. The normalized spacial score (nSPS) is 16.6. The summed E-state index contributed by atoms with van der Waals surface area (Å²) in [6.45, 7) is 3.78. The van der Waals surface area contributed by atoms with E-state index in [2.05, 4.69) is 20.5 Å². The molecule has 0 unspecified atom stereocenters. The highest BCUT2D eigenvalue weighted by molar-refractivity contribution is 7.60. The first-order valence-electron chi connectivity index (χ1n) is 21.6. The fourth-order valence-electron chi connectivity index (χ4n) is 7.57. The maximum atomic E-state index is 15.9. The summed E-state index contributed by atoms with van der Waals surface area (Å²) in [7, 11) is -0.440. The number of nitrogens with zero attached hydrogens (tertiary/aromatic N) is 5. The van der Waals surface area contributed by atoms with Gasteiger partial charge in [0.1, 0.15) is 29.6 Å². The molecule has 0 radical (unpaired) electrons. The van der Waals surface area contributed by atoms with Crippen LogP contribution in [0.4, 0.5) is 10.6 Å². The Bertz CT molecular complexity index is 2220. The van der Waals surface area contributed by atoms with Gasteiger partial charge in [-0.2, -0.15) is 0 Å². The lowest BCUT2D eigenvalue weighted by Gasteiger charge is -2.37. The zero-order valence-electron chi connectivity index (χ0n) is 37.1. The van der Waals surface area contributed by atoms with Crippen molar-refractivity contribution in [1.29, 1.82) is 0 Å². The number of anilines is 1. The summed E-state index contributed by atoms with van der Waals surface area (Å²) in [4.78, 5) is 83.9. The fourth-order valence-corrected chi connectivity index (χ4v) is 9.96. The number of hydrogen-bond acceptors (Lipinski definition) is 13. The molecule has 2 fully saturated rings. The predicted molar refractivity (Wildman–Crippen MR) is 242 cm³/mol. The summed E-state index contributed by atoms with van der Waals surface area (Å²) in [6.07, 6.45) is 1.09. The number of hydrogen-bond donors (Lipinski definition) is 3. The van der Waals surface area contributed by atoms with Crippen LogP contribution in [0.1, 0.15) is 59.9 Å². The van der Waals surface area contributed by atoms with Gasteiger partial charge < -0.3 is 39.0 Å². The Kier molecular flexibility index (Phi) is 17.2. The second kappa shape index (κ2) is 23.1. The van der Waals surface area contributed by atoms with Crippen LogP contribution in [0, 0.1) is 0 Å². The van der Waals surface area contributed by atoms with Crippen molar-refractivity contribution in [2.24, 2.45) is 0 Å². The van der Waals surface area contributed by atoms with Crippen LogP contribution in [-0.2, 0) is 37.9 Å². The van der Waals surface area contributed by atoms with E-state index in [0.29, 0.717) is 42.0 Å². The van der Waals surface area contributed by atoms with E-state index in [9.17, 15) is 24.0 Å². The van der Waals surface area contributed by atoms with E-state index < -0.39 is 61.6 Å². The van der Waals surface area contributed by atoms with Gasteiger partial charge in [-0.05, 0) is 24.0 Å². The van der Waals surface area contributed by atoms with Crippen molar-refractivity contribution in [3.05, 3.63) is 114 Å². The minimum Gasteiger partial charge on any atom is -0.468 e. The predicted octanol–water partition coefficient (Wildman–Crippen LogP) is 4.75. The van der Waals surface area contributed by atoms with Gasteiger partial charge >= 0.3 is 18.0 Å². The number of piperazine rings is 1. The number of rotatable bonds is 19. The fraction of sp³-hybridized carbons (Fsp3) is 0.413. The molecule has 18 nitrogen and oxygen atoms in total. The Balaban J connectivity index is 1.40. The van der Waals surface area contributed by atoms with E-state index in [1.165, 1.54) is 30.1 Å². The van der Waals surface area contributed by atoms with Gasteiger partial charge in [0.05, 0.1) is 33.1 Å². The van der Waals surface area contributed by atoms with Crippen molar-refractivity contribution in [2.45, 2.75) is 50.4 Å². The Morgan fingerprint density at radius 1 is 0.754 bits per heavy atom. The third kappa shape index (κ3) is 12.8. The summed E-state index contributed by atoms with van der Waals surface area (Å²) in [6, 6.07) is 23.2. The van der Waals surface area contributed by atoms with E-state index >= 15 is 4.57 Å². The number of ether oxygens (including phenoxy) is 4. The maximum Gasteiger partial charge on any atom is 0.409 e. The highest BCUT2D eigenvalue weighted by atomic mass is 31.2. The molecule has 1 aromatic heterocycles. The molecule has 3 amide bonds. The molecule has 0 saturated carbocycles. The molecule has 19 heteroatoms. The van der Waals surface area contributed by atoms with Crippen LogP contribution < -0.4 is 20.4 Å².